The van der Waals surface area contributed by atoms with Gasteiger partial charge in [-0.3, -0.25) is 4.79 Å². The van der Waals surface area contributed by atoms with Crippen molar-refractivity contribution in [3.8, 4) is 0 Å². The van der Waals surface area contributed by atoms with E-state index in [9.17, 15) is 4.79 Å². The van der Waals surface area contributed by atoms with E-state index in [1.54, 1.807) is 0 Å². The normalized spacial score (nSPS) is 12.6. The van der Waals surface area contributed by atoms with Crippen LogP contribution in [0.2, 0.25) is 0 Å². The van der Waals surface area contributed by atoms with Crippen LogP contribution in [0, 0.1) is 5.92 Å². The first-order valence-corrected chi connectivity index (χ1v) is 10.0. The van der Waals surface area contributed by atoms with Gasteiger partial charge in [0, 0.05) is 6.04 Å². The summed E-state index contributed by atoms with van der Waals surface area (Å²) < 4.78 is 5.08. The molecule has 0 fully saturated rings. The Balaban J connectivity index is -0.000000915. The van der Waals surface area contributed by atoms with E-state index in [0.29, 0.717) is 18.6 Å². The maximum Gasteiger partial charge on any atom is 0.373 e. The van der Waals surface area contributed by atoms with Crippen molar-refractivity contribution in [3.05, 3.63) is 0 Å². The molecule has 8 nitrogen and oxygen atoms in total. The molecular formula is C20H38N2O6. The molecule has 0 aromatic heterocycles. The Morgan fingerprint density at radius 1 is 0.929 bits per heavy atom. The number of rotatable bonds is 14. The number of ether oxygens (including phenoxy) is 1. The lowest BCUT2D eigenvalue weighted by Crippen LogP contribution is -2.39. The molecule has 3 unspecified atom stereocenters. The highest BCUT2D eigenvalue weighted by Crippen LogP contribution is 2.06. The van der Waals surface area contributed by atoms with Gasteiger partial charge in [-0.2, -0.15) is 19.2 Å². The van der Waals surface area contributed by atoms with E-state index in [-0.39, 0.29) is 24.3 Å². The summed E-state index contributed by atoms with van der Waals surface area (Å²) in [5, 5.41) is 6.98. The molecule has 0 saturated carbocycles. The monoisotopic (exact) mass is 402 g/mol. The van der Waals surface area contributed by atoms with Crippen LogP contribution >= 0.6 is 0 Å². The Bertz CT molecular complexity index is 407. The third-order valence-corrected chi connectivity index (χ3v) is 4.13. The maximum absolute atomic E-state index is 11.7. The molecule has 0 heterocycles. The van der Waals surface area contributed by atoms with E-state index >= 15 is 0 Å². The summed E-state index contributed by atoms with van der Waals surface area (Å²) in [6.07, 6.45) is 7.38. The first-order chi connectivity index (χ1) is 13.4. The van der Waals surface area contributed by atoms with Gasteiger partial charge in [-0.05, 0) is 58.0 Å². The van der Waals surface area contributed by atoms with Crippen molar-refractivity contribution in [3.63, 3.8) is 0 Å². The Morgan fingerprint density at radius 2 is 1.50 bits per heavy atom. The minimum absolute atomic E-state index is 0.121. The fourth-order valence-corrected chi connectivity index (χ4v) is 2.64. The molecule has 0 aliphatic heterocycles. The second-order valence-electron chi connectivity index (χ2n) is 6.38. The molecule has 28 heavy (non-hydrogen) atoms. The SMILES string of the molecule is CCCC(CC)NCCCC(C)CNC(CC)C(=O)OCC.O=C=O.O=C=O. The molecule has 3 atom stereocenters. The van der Waals surface area contributed by atoms with Crippen LogP contribution in [0.4, 0.5) is 0 Å². The fourth-order valence-electron chi connectivity index (χ4n) is 2.64. The van der Waals surface area contributed by atoms with Gasteiger partial charge in [0.05, 0.1) is 6.61 Å². The van der Waals surface area contributed by atoms with Crippen molar-refractivity contribution in [2.75, 3.05) is 19.7 Å². The average molecular weight is 403 g/mol. The van der Waals surface area contributed by atoms with Crippen LogP contribution in [0.15, 0.2) is 0 Å². The van der Waals surface area contributed by atoms with Gasteiger partial charge in [-0.15, -0.1) is 0 Å². The predicted molar refractivity (Wildman–Crippen MR) is 104 cm³/mol. The van der Waals surface area contributed by atoms with Crippen molar-refractivity contribution in [1.82, 2.24) is 10.6 Å². The van der Waals surface area contributed by atoms with Crippen LogP contribution < -0.4 is 10.6 Å². The standard InChI is InChI=1S/C18H38N2O2.2CO2/c1-6-11-16(7-2)19-13-10-12-15(5)14-20-17(8-3)18(21)22-9-4;2*2-1-3/h15-17,19-20H,6-14H2,1-5H3;;. The highest BCUT2D eigenvalue weighted by Gasteiger charge is 2.17. The van der Waals surface area contributed by atoms with E-state index in [0.717, 1.165) is 19.5 Å². The molecule has 0 aromatic carbocycles. The second-order valence-corrected chi connectivity index (χ2v) is 6.38. The lowest BCUT2D eigenvalue weighted by molar-refractivity contribution is -0.193. The quantitative estimate of drug-likeness (QED) is 0.336. The Morgan fingerprint density at radius 3 is 1.93 bits per heavy atom. The molecule has 0 bridgehead atoms. The lowest BCUT2D eigenvalue weighted by Gasteiger charge is -2.20. The van der Waals surface area contributed by atoms with Gasteiger partial charge in [-0.25, -0.2) is 0 Å². The molecule has 0 aliphatic rings. The van der Waals surface area contributed by atoms with Gasteiger partial charge in [0.15, 0.2) is 0 Å². The van der Waals surface area contributed by atoms with Crippen molar-refractivity contribution >= 4 is 18.3 Å². The zero-order valence-corrected chi connectivity index (χ0v) is 18.0. The van der Waals surface area contributed by atoms with Crippen LogP contribution in [0.5, 0.6) is 0 Å². The van der Waals surface area contributed by atoms with Crippen molar-refractivity contribution in [2.24, 2.45) is 5.92 Å². The molecule has 164 valence electrons. The van der Waals surface area contributed by atoms with E-state index in [2.05, 4.69) is 31.4 Å². The smallest absolute Gasteiger partial charge is 0.373 e. The lowest BCUT2D eigenvalue weighted by atomic mass is 10.0. The number of hydrogen-bond donors (Lipinski definition) is 2. The fraction of sp³-hybridized carbons (Fsp3) is 0.850. The molecule has 8 heteroatoms. The summed E-state index contributed by atoms with van der Waals surface area (Å²) in [5.41, 5.74) is 0. The molecule has 0 rings (SSSR count). The van der Waals surface area contributed by atoms with Crippen LogP contribution in [0.3, 0.4) is 0 Å². The van der Waals surface area contributed by atoms with E-state index < -0.39 is 0 Å². The first kappa shape index (κ1) is 30.9. The van der Waals surface area contributed by atoms with Gasteiger partial charge in [0.1, 0.15) is 6.04 Å². The van der Waals surface area contributed by atoms with Crippen LogP contribution in [0.1, 0.15) is 73.1 Å². The van der Waals surface area contributed by atoms with Crippen molar-refractivity contribution < 1.29 is 28.7 Å². The van der Waals surface area contributed by atoms with E-state index in [1.807, 2.05) is 13.8 Å². The van der Waals surface area contributed by atoms with Crippen LogP contribution in [-0.4, -0.2) is 50.1 Å². The van der Waals surface area contributed by atoms with E-state index in [1.165, 1.54) is 32.1 Å². The van der Waals surface area contributed by atoms with Gasteiger partial charge in [-0.1, -0.05) is 34.1 Å². The summed E-state index contributed by atoms with van der Waals surface area (Å²) in [4.78, 5) is 44.2. The second kappa shape index (κ2) is 25.1. The predicted octanol–water partition coefficient (Wildman–Crippen LogP) is 2.34. The Labute approximate surface area is 169 Å². The molecule has 0 aliphatic carbocycles. The molecule has 0 radical (unpaired) electrons. The summed E-state index contributed by atoms with van der Waals surface area (Å²) in [5.74, 6) is 0.459. The minimum Gasteiger partial charge on any atom is -0.465 e. The largest absolute Gasteiger partial charge is 0.465 e. The maximum atomic E-state index is 11.7. The summed E-state index contributed by atoms with van der Waals surface area (Å²) in [7, 11) is 0. The topological polar surface area (TPSA) is 119 Å². The molecule has 0 saturated heterocycles. The molecule has 0 spiro atoms. The van der Waals surface area contributed by atoms with Crippen LogP contribution in [-0.2, 0) is 28.7 Å². The number of carbonyl (C=O) groups excluding carboxylic acids is 5. The molecule has 2 N–H and O–H groups in total. The van der Waals surface area contributed by atoms with Crippen molar-refractivity contribution in [1.29, 1.82) is 0 Å². The minimum atomic E-state index is -0.158. The third-order valence-electron chi connectivity index (χ3n) is 4.13. The molecular weight excluding hydrogens is 364 g/mol. The number of hydrogen-bond acceptors (Lipinski definition) is 8. The number of carbonyl (C=O) groups is 1. The highest BCUT2D eigenvalue weighted by molar-refractivity contribution is 5.75. The molecule has 0 amide bonds. The summed E-state index contributed by atoms with van der Waals surface area (Å²) in [6.45, 7) is 13.0. The molecule has 0 aromatic rings. The van der Waals surface area contributed by atoms with Gasteiger partial charge in [0.2, 0.25) is 0 Å². The van der Waals surface area contributed by atoms with Gasteiger partial charge < -0.3 is 15.4 Å². The third kappa shape index (κ3) is 22.2. The van der Waals surface area contributed by atoms with E-state index in [4.69, 9.17) is 23.9 Å². The zero-order valence-electron chi connectivity index (χ0n) is 18.0. The van der Waals surface area contributed by atoms with Gasteiger partial charge in [0.25, 0.3) is 0 Å². The highest BCUT2D eigenvalue weighted by atomic mass is 16.5. The summed E-state index contributed by atoms with van der Waals surface area (Å²) >= 11 is 0. The Kier molecular flexibility index (Phi) is 27.7. The summed E-state index contributed by atoms with van der Waals surface area (Å²) in [6, 6.07) is 0.515. The van der Waals surface area contributed by atoms with Crippen LogP contribution in [0.25, 0.3) is 0 Å². The van der Waals surface area contributed by atoms with Crippen molar-refractivity contribution in [2.45, 2.75) is 85.2 Å². The number of esters is 1. The first-order valence-electron chi connectivity index (χ1n) is 10.0. The average Bonchev–Trinajstić information content (AvgIpc) is 2.66. The Hall–Kier alpha value is -1.85. The van der Waals surface area contributed by atoms with Gasteiger partial charge >= 0.3 is 18.3 Å². The number of nitrogens with one attached hydrogen (secondary N) is 2. The zero-order chi connectivity index (χ0) is 22.2.